The lowest BCUT2D eigenvalue weighted by atomic mass is 10.1. The molecule has 2 rings (SSSR count). The predicted molar refractivity (Wildman–Crippen MR) is 63.9 cm³/mol. The molecule has 1 aromatic carbocycles. The van der Waals surface area contributed by atoms with Crippen molar-refractivity contribution in [2.24, 2.45) is 0 Å². The van der Waals surface area contributed by atoms with Gasteiger partial charge in [0.2, 0.25) is 5.91 Å². The van der Waals surface area contributed by atoms with Gasteiger partial charge in [0.15, 0.2) is 0 Å². The first-order valence-corrected chi connectivity index (χ1v) is 5.78. The van der Waals surface area contributed by atoms with Crippen molar-refractivity contribution in [3.8, 4) is 0 Å². The highest BCUT2D eigenvalue weighted by Crippen LogP contribution is 2.19. The number of carbonyl (C=O) groups excluding carboxylic acids is 1. The van der Waals surface area contributed by atoms with Gasteiger partial charge in [-0.2, -0.15) is 12.6 Å². The number of likely N-dealkylation sites (tertiary alicyclic amines) is 1. The SMILES string of the molecule is Cc1cc(F)cc(CN2CC(S)CC2=O)c1. The summed E-state index contributed by atoms with van der Waals surface area (Å²) in [6, 6.07) is 4.87. The Kier molecular flexibility index (Phi) is 3.19. The van der Waals surface area contributed by atoms with E-state index in [4.69, 9.17) is 0 Å². The van der Waals surface area contributed by atoms with Crippen molar-refractivity contribution in [2.45, 2.75) is 25.1 Å². The van der Waals surface area contributed by atoms with Crippen LogP contribution in [-0.2, 0) is 11.3 Å². The fraction of sp³-hybridized carbons (Fsp3) is 0.417. The number of carbonyl (C=O) groups is 1. The van der Waals surface area contributed by atoms with Gasteiger partial charge in [-0.05, 0) is 30.2 Å². The maximum atomic E-state index is 13.2. The van der Waals surface area contributed by atoms with Gasteiger partial charge in [0, 0.05) is 24.8 Å². The fourth-order valence-electron chi connectivity index (χ4n) is 2.03. The minimum absolute atomic E-state index is 0.0990. The molecule has 1 saturated heterocycles. The van der Waals surface area contributed by atoms with E-state index in [0.29, 0.717) is 19.5 Å². The van der Waals surface area contributed by atoms with E-state index in [1.54, 1.807) is 4.90 Å². The topological polar surface area (TPSA) is 20.3 Å². The molecule has 2 nitrogen and oxygen atoms in total. The molecule has 0 saturated carbocycles. The molecule has 1 amide bonds. The Morgan fingerprint density at radius 2 is 2.25 bits per heavy atom. The van der Waals surface area contributed by atoms with Crippen molar-refractivity contribution in [1.29, 1.82) is 0 Å². The van der Waals surface area contributed by atoms with Gasteiger partial charge in [-0.15, -0.1) is 0 Å². The van der Waals surface area contributed by atoms with Crippen molar-refractivity contribution in [1.82, 2.24) is 4.90 Å². The van der Waals surface area contributed by atoms with Gasteiger partial charge in [-0.1, -0.05) is 6.07 Å². The van der Waals surface area contributed by atoms with Crippen LogP contribution >= 0.6 is 12.6 Å². The summed E-state index contributed by atoms with van der Waals surface area (Å²) in [5, 5.41) is 0.113. The highest BCUT2D eigenvalue weighted by molar-refractivity contribution is 7.81. The average molecular weight is 239 g/mol. The molecule has 1 aliphatic heterocycles. The molecule has 1 aromatic rings. The Morgan fingerprint density at radius 3 is 2.81 bits per heavy atom. The second-order valence-electron chi connectivity index (χ2n) is 4.27. The Labute approximate surface area is 99.9 Å². The van der Waals surface area contributed by atoms with E-state index in [-0.39, 0.29) is 17.0 Å². The van der Waals surface area contributed by atoms with Crippen LogP contribution in [0.4, 0.5) is 4.39 Å². The summed E-state index contributed by atoms with van der Waals surface area (Å²) >= 11 is 4.28. The molecule has 0 bridgehead atoms. The Hall–Kier alpha value is -1.03. The molecule has 1 atom stereocenters. The molecule has 0 N–H and O–H groups in total. The van der Waals surface area contributed by atoms with Gasteiger partial charge in [0.05, 0.1) is 0 Å². The summed E-state index contributed by atoms with van der Waals surface area (Å²) < 4.78 is 13.2. The van der Waals surface area contributed by atoms with E-state index in [9.17, 15) is 9.18 Å². The van der Waals surface area contributed by atoms with Crippen LogP contribution < -0.4 is 0 Å². The van der Waals surface area contributed by atoms with Crippen molar-refractivity contribution in [2.75, 3.05) is 6.54 Å². The Balaban J connectivity index is 2.12. The predicted octanol–water partition coefficient (Wildman–Crippen LogP) is 2.16. The van der Waals surface area contributed by atoms with Crippen LogP contribution in [0.25, 0.3) is 0 Å². The van der Waals surface area contributed by atoms with E-state index in [1.165, 1.54) is 12.1 Å². The molecule has 16 heavy (non-hydrogen) atoms. The molecule has 0 aliphatic carbocycles. The van der Waals surface area contributed by atoms with E-state index in [1.807, 2.05) is 13.0 Å². The number of aryl methyl sites for hydroxylation is 1. The number of hydrogen-bond donors (Lipinski definition) is 1. The van der Waals surface area contributed by atoms with Crippen LogP contribution in [0.2, 0.25) is 0 Å². The van der Waals surface area contributed by atoms with E-state index >= 15 is 0 Å². The highest BCUT2D eigenvalue weighted by atomic mass is 32.1. The van der Waals surface area contributed by atoms with Crippen molar-refractivity contribution in [3.63, 3.8) is 0 Å². The molecule has 0 radical (unpaired) electrons. The minimum atomic E-state index is -0.246. The molecule has 4 heteroatoms. The number of thiol groups is 1. The van der Waals surface area contributed by atoms with Crippen LogP contribution in [0.3, 0.4) is 0 Å². The standard InChI is InChI=1S/C12H14FNOS/c1-8-2-9(4-10(13)3-8)6-14-7-11(16)5-12(14)15/h2-4,11,16H,5-7H2,1H3. The third-order valence-electron chi connectivity index (χ3n) is 2.67. The monoisotopic (exact) mass is 239 g/mol. The quantitative estimate of drug-likeness (QED) is 0.784. The maximum Gasteiger partial charge on any atom is 0.224 e. The van der Waals surface area contributed by atoms with E-state index < -0.39 is 0 Å². The lowest BCUT2D eigenvalue weighted by molar-refractivity contribution is -0.128. The van der Waals surface area contributed by atoms with Crippen molar-refractivity contribution in [3.05, 3.63) is 35.1 Å². The Morgan fingerprint density at radius 1 is 1.50 bits per heavy atom. The van der Waals surface area contributed by atoms with Gasteiger partial charge in [-0.3, -0.25) is 4.79 Å². The van der Waals surface area contributed by atoms with Crippen LogP contribution in [0, 0.1) is 12.7 Å². The lowest BCUT2D eigenvalue weighted by Gasteiger charge is -2.16. The molecular formula is C12H14FNOS. The number of benzene rings is 1. The summed E-state index contributed by atoms with van der Waals surface area (Å²) in [4.78, 5) is 13.3. The Bertz CT molecular complexity index is 401. The zero-order chi connectivity index (χ0) is 11.7. The normalized spacial score (nSPS) is 20.6. The van der Waals surface area contributed by atoms with Crippen LogP contribution in [0.15, 0.2) is 18.2 Å². The number of rotatable bonds is 2. The highest BCUT2D eigenvalue weighted by Gasteiger charge is 2.26. The zero-order valence-electron chi connectivity index (χ0n) is 9.11. The fourth-order valence-corrected chi connectivity index (χ4v) is 2.38. The first kappa shape index (κ1) is 11.5. The van der Waals surface area contributed by atoms with Gasteiger partial charge in [-0.25, -0.2) is 4.39 Å². The van der Waals surface area contributed by atoms with E-state index in [2.05, 4.69) is 12.6 Å². The van der Waals surface area contributed by atoms with Crippen molar-refractivity contribution >= 4 is 18.5 Å². The first-order valence-electron chi connectivity index (χ1n) is 5.26. The summed E-state index contributed by atoms with van der Waals surface area (Å²) in [7, 11) is 0. The molecule has 1 fully saturated rings. The third-order valence-corrected chi connectivity index (χ3v) is 3.02. The van der Waals surface area contributed by atoms with E-state index in [0.717, 1.165) is 11.1 Å². The largest absolute Gasteiger partial charge is 0.337 e. The van der Waals surface area contributed by atoms with Crippen LogP contribution in [-0.4, -0.2) is 22.6 Å². The third kappa shape index (κ3) is 2.55. The number of halogens is 1. The van der Waals surface area contributed by atoms with Crippen LogP contribution in [0.5, 0.6) is 0 Å². The van der Waals surface area contributed by atoms with Crippen molar-refractivity contribution < 1.29 is 9.18 Å². The average Bonchev–Trinajstić information content (AvgIpc) is 2.43. The van der Waals surface area contributed by atoms with Gasteiger partial charge in [0.25, 0.3) is 0 Å². The molecule has 1 unspecified atom stereocenters. The smallest absolute Gasteiger partial charge is 0.224 e. The summed E-state index contributed by atoms with van der Waals surface area (Å²) in [6.07, 6.45) is 0.484. The number of nitrogens with zero attached hydrogens (tertiary/aromatic N) is 1. The maximum absolute atomic E-state index is 13.2. The second kappa shape index (κ2) is 4.45. The summed E-state index contributed by atoms with van der Waals surface area (Å²) in [5.41, 5.74) is 1.72. The van der Waals surface area contributed by atoms with Crippen LogP contribution in [0.1, 0.15) is 17.5 Å². The molecule has 1 heterocycles. The molecule has 86 valence electrons. The first-order chi connectivity index (χ1) is 7.54. The zero-order valence-corrected chi connectivity index (χ0v) is 10.0. The number of hydrogen-bond acceptors (Lipinski definition) is 2. The molecule has 0 aromatic heterocycles. The molecular weight excluding hydrogens is 225 g/mol. The lowest BCUT2D eigenvalue weighted by Crippen LogP contribution is -2.24. The number of amides is 1. The minimum Gasteiger partial charge on any atom is -0.337 e. The molecule has 1 aliphatic rings. The summed E-state index contributed by atoms with van der Waals surface area (Å²) in [5.74, 6) is -0.147. The van der Waals surface area contributed by atoms with Gasteiger partial charge >= 0.3 is 0 Å². The summed E-state index contributed by atoms with van der Waals surface area (Å²) in [6.45, 7) is 2.98. The second-order valence-corrected chi connectivity index (χ2v) is 5.00. The molecule has 0 spiro atoms. The van der Waals surface area contributed by atoms with Gasteiger partial charge in [0.1, 0.15) is 5.82 Å². The van der Waals surface area contributed by atoms with Gasteiger partial charge < -0.3 is 4.90 Å².